The molecule has 1 amide bonds. The van der Waals surface area contributed by atoms with E-state index in [1.165, 1.54) is 29.5 Å². The molecule has 1 aromatic heterocycles. The Kier molecular flexibility index (Phi) is 5.86. The molecule has 0 aliphatic carbocycles. The molecule has 5 nitrogen and oxygen atoms in total. The Morgan fingerprint density at radius 3 is 2.67 bits per heavy atom. The fourth-order valence-corrected chi connectivity index (χ4v) is 4.46. The maximum absolute atomic E-state index is 12.5. The van der Waals surface area contributed by atoms with Crippen LogP contribution in [0.2, 0.25) is 10.0 Å². The van der Waals surface area contributed by atoms with Gasteiger partial charge in [0, 0.05) is 21.5 Å². The Hall–Kier alpha value is -1.93. The van der Waals surface area contributed by atoms with Crippen LogP contribution in [0.5, 0.6) is 0 Å². The molecule has 27 heavy (non-hydrogen) atoms. The van der Waals surface area contributed by atoms with Crippen LogP contribution in [0.15, 0.2) is 52.7 Å². The summed E-state index contributed by atoms with van der Waals surface area (Å²) in [6.45, 7) is 1.56. The van der Waals surface area contributed by atoms with Crippen LogP contribution < -0.4 is 5.32 Å². The Labute approximate surface area is 170 Å². The minimum Gasteiger partial charge on any atom is -0.298 e. The number of rotatable bonds is 5. The summed E-state index contributed by atoms with van der Waals surface area (Å²) in [7, 11) is -3.39. The van der Waals surface area contributed by atoms with Crippen LogP contribution in [0.1, 0.15) is 17.3 Å². The lowest BCUT2D eigenvalue weighted by Crippen LogP contribution is -2.13. The second-order valence-corrected chi connectivity index (χ2v) is 9.53. The quantitative estimate of drug-likeness (QED) is 0.593. The Morgan fingerprint density at radius 2 is 1.96 bits per heavy atom. The average Bonchev–Trinajstić information content (AvgIpc) is 3.10. The highest BCUT2D eigenvalue weighted by molar-refractivity contribution is 7.91. The van der Waals surface area contributed by atoms with E-state index in [2.05, 4.69) is 10.3 Å². The van der Waals surface area contributed by atoms with Gasteiger partial charge in [0.05, 0.1) is 21.4 Å². The van der Waals surface area contributed by atoms with Gasteiger partial charge in [-0.1, -0.05) is 36.2 Å². The molecule has 3 aromatic rings. The van der Waals surface area contributed by atoms with Gasteiger partial charge in [0.2, 0.25) is 0 Å². The average molecular weight is 441 g/mol. The first-order valence-electron chi connectivity index (χ1n) is 7.85. The Bertz CT molecular complexity index is 1110. The molecule has 0 bridgehead atoms. The highest BCUT2D eigenvalue weighted by Crippen LogP contribution is 2.32. The van der Waals surface area contributed by atoms with Crippen molar-refractivity contribution in [1.29, 1.82) is 0 Å². The number of carbonyl (C=O) groups excluding carboxylic acids is 1. The second kappa shape index (κ2) is 7.98. The summed E-state index contributed by atoms with van der Waals surface area (Å²) in [6.07, 6.45) is 0. The van der Waals surface area contributed by atoms with Crippen molar-refractivity contribution in [3.63, 3.8) is 0 Å². The summed E-state index contributed by atoms with van der Waals surface area (Å²) < 4.78 is 24.0. The lowest BCUT2D eigenvalue weighted by molar-refractivity contribution is 0.102. The molecule has 0 aliphatic rings. The lowest BCUT2D eigenvalue weighted by Gasteiger charge is -2.05. The number of aromatic nitrogens is 1. The zero-order valence-electron chi connectivity index (χ0n) is 14.1. The third kappa shape index (κ3) is 4.50. The predicted molar refractivity (Wildman–Crippen MR) is 110 cm³/mol. The number of nitrogens with one attached hydrogen (secondary N) is 1. The fraction of sp³-hybridized carbons (Fsp3) is 0.111. The van der Waals surface area contributed by atoms with Gasteiger partial charge in [-0.25, -0.2) is 13.4 Å². The molecule has 3 rings (SSSR count). The number of benzene rings is 2. The minimum absolute atomic E-state index is 0.0320. The second-order valence-electron chi connectivity index (χ2n) is 5.55. The predicted octanol–water partition coefficient (Wildman–Crippen LogP) is 5.16. The van der Waals surface area contributed by atoms with Crippen molar-refractivity contribution in [2.45, 2.75) is 11.8 Å². The van der Waals surface area contributed by atoms with E-state index < -0.39 is 15.7 Å². The molecule has 2 aromatic carbocycles. The molecule has 140 valence electrons. The van der Waals surface area contributed by atoms with Crippen molar-refractivity contribution in [2.75, 3.05) is 11.1 Å². The molecule has 0 aliphatic heterocycles. The van der Waals surface area contributed by atoms with E-state index in [1.807, 2.05) is 0 Å². The number of thiazole rings is 1. The summed E-state index contributed by atoms with van der Waals surface area (Å²) in [5, 5.41) is 5.81. The number of anilines is 1. The van der Waals surface area contributed by atoms with Gasteiger partial charge in [0.25, 0.3) is 5.91 Å². The number of halogens is 2. The number of hydrogen-bond donors (Lipinski definition) is 1. The van der Waals surface area contributed by atoms with Crippen molar-refractivity contribution in [3.8, 4) is 11.3 Å². The smallest absolute Gasteiger partial charge is 0.257 e. The van der Waals surface area contributed by atoms with Crippen molar-refractivity contribution in [1.82, 2.24) is 4.98 Å². The molecular weight excluding hydrogens is 427 g/mol. The third-order valence-corrected chi connectivity index (χ3v) is 6.80. The summed E-state index contributed by atoms with van der Waals surface area (Å²) >= 11 is 13.3. The van der Waals surface area contributed by atoms with Crippen molar-refractivity contribution in [2.24, 2.45) is 0 Å². The van der Waals surface area contributed by atoms with E-state index in [9.17, 15) is 13.2 Å². The van der Waals surface area contributed by atoms with E-state index >= 15 is 0 Å². The first-order chi connectivity index (χ1) is 12.8. The van der Waals surface area contributed by atoms with E-state index in [0.717, 1.165) is 0 Å². The van der Waals surface area contributed by atoms with E-state index in [0.29, 0.717) is 26.4 Å². The molecule has 0 radical (unpaired) electrons. The minimum atomic E-state index is -3.39. The van der Waals surface area contributed by atoms with Crippen LogP contribution in [0, 0.1) is 0 Å². The maximum Gasteiger partial charge on any atom is 0.257 e. The molecule has 0 atom stereocenters. The van der Waals surface area contributed by atoms with E-state index in [1.54, 1.807) is 36.6 Å². The van der Waals surface area contributed by atoms with Gasteiger partial charge in [-0.05, 0) is 36.4 Å². The van der Waals surface area contributed by atoms with Crippen LogP contribution >= 0.6 is 34.5 Å². The summed E-state index contributed by atoms with van der Waals surface area (Å²) in [5.41, 5.74) is 1.55. The zero-order chi connectivity index (χ0) is 19.6. The van der Waals surface area contributed by atoms with Gasteiger partial charge in [0.1, 0.15) is 0 Å². The van der Waals surface area contributed by atoms with Crippen LogP contribution in [0.25, 0.3) is 11.3 Å². The van der Waals surface area contributed by atoms with Gasteiger partial charge in [-0.2, -0.15) is 0 Å². The van der Waals surface area contributed by atoms with Crippen molar-refractivity contribution in [3.05, 3.63) is 63.5 Å². The number of amides is 1. The van der Waals surface area contributed by atoms with Gasteiger partial charge in [0.15, 0.2) is 15.0 Å². The van der Waals surface area contributed by atoms with Gasteiger partial charge >= 0.3 is 0 Å². The highest BCUT2D eigenvalue weighted by atomic mass is 35.5. The monoisotopic (exact) mass is 440 g/mol. The Morgan fingerprint density at radius 1 is 1.19 bits per heavy atom. The van der Waals surface area contributed by atoms with Crippen LogP contribution in [-0.4, -0.2) is 25.1 Å². The number of nitrogens with zero attached hydrogens (tertiary/aromatic N) is 1. The fourth-order valence-electron chi connectivity index (χ4n) is 2.32. The molecule has 1 N–H and O–H groups in total. The maximum atomic E-state index is 12.5. The SMILES string of the molecule is CCS(=O)(=O)c1cccc(C(=O)Nc2nc(-c3ccc(Cl)cc3Cl)cs2)c1. The molecule has 0 unspecified atom stereocenters. The first-order valence-corrected chi connectivity index (χ1v) is 11.1. The molecule has 9 heteroatoms. The van der Waals surface area contributed by atoms with Gasteiger partial charge < -0.3 is 0 Å². The highest BCUT2D eigenvalue weighted by Gasteiger charge is 2.16. The normalized spacial score (nSPS) is 11.4. The number of carbonyl (C=O) groups is 1. The largest absolute Gasteiger partial charge is 0.298 e. The number of hydrogen-bond acceptors (Lipinski definition) is 5. The molecule has 0 saturated carbocycles. The first kappa shape index (κ1) is 19.8. The van der Waals surface area contributed by atoms with Crippen molar-refractivity contribution < 1.29 is 13.2 Å². The lowest BCUT2D eigenvalue weighted by atomic mass is 10.2. The molecule has 0 fully saturated rings. The van der Waals surface area contributed by atoms with Gasteiger partial charge in [-0.15, -0.1) is 11.3 Å². The molecule has 1 heterocycles. The van der Waals surface area contributed by atoms with E-state index in [-0.39, 0.29) is 16.2 Å². The van der Waals surface area contributed by atoms with E-state index in [4.69, 9.17) is 23.2 Å². The van der Waals surface area contributed by atoms with Crippen LogP contribution in [-0.2, 0) is 9.84 Å². The molecule has 0 saturated heterocycles. The Balaban J connectivity index is 1.82. The standard InChI is InChI=1S/C18H14Cl2N2O3S2/c1-2-27(24,25)13-5-3-4-11(8-13)17(23)22-18-21-16(10-26-18)14-7-6-12(19)9-15(14)20/h3-10H,2H2,1H3,(H,21,22,23). The van der Waals surface area contributed by atoms with Crippen molar-refractivity contribution >= 4 is 55.4 Å². The molecule has 0 spiro atoms. The summed E-state index contributed by atoms with van der Waals surface area (Å²) in [6, 6.07) is 11.0. The van der Waals surface area contributed by atoms with Gasteiger partial charge in [-0.3, -0.25) is 10.1 Å². The topological polar surface area (TPSA) is 76.1 Å². The van der Waals surface area contributed by atoms with Crippen LogP contribution in [0.4, 0.5) is 5.13 Å². The molecular formula is C18H14Cl2N2O3S2. The summed E-state index contributed by atoms with van der Waals surface area (Å²) in [5.74, 6) is -0.471. The zero-order valence-corrected chi connectivity index (χ0v) is 17.2. The third-order valence-electron chi connectivity index (χ3n) is 3.77. The summed E-state index contributed by atoms with van der Waals surface area (Å²) in [4.78, 5) is 16.9. The van der Waals surface area contributed by atoms with Crippen LogP contribution in [0.3, 0.4) is 0 Å². The number of sulfone groups is 1.